The molecule has 0 saturated carbocycles. The van der Waals surface area contributed by atoms with Crippen molar-refractivity contribution in [3.63, 3.8) is 0 Å². The molecule has 16 heavy (non-hydrogen) atoms. The van der Waals surface area contributed by atoms with E-state index < -0.39 is 11.5 Å². The maximum atomic E-state index is 11.6. The zero-order valence-corrected chi connectivity index (χ0v) is 10.3. The molecule has 0 aromatic carbocycles. The molecule has 5 nitrogen and oxygen atoms in total. The molecule has 0 fully saturated rings. The molecule has 0 amide bonds. The third kappa shape index (κ3) is 2.17. The molecule has 0 aliphatic heterocycles. The largest absolute Gasteiger partial charge is 0.479 e. The van der Waals surface area contributed by atoms with Crippen molar-refractivity contribution < 1.29 is 14.6 Å². The van der Waals surface area contributed by atoms with E-state index in [0.717, 1.165) is 11.3 Å². The van der Waals surface area contributed by atoms with E-state index in [-0.39, 0.29) is 11.3 Å². The number of aromatic nitrogens is 1. The van der Waals surface area contributed by atoms with Crippen molar-refractivity contribution in [1.29, 1.82) is 0 Å². The zero-order valence-electron chi connectivity index (χ0n) is 9.52. The van der Waals surface area contributed by atoms with E-state index in [4.69, 9.17) is 4.74 Å². The molecule has 0 spiro atoms. The van der Waals surface area contributed by atoms with Crippen molar-refractivity contribution in [1.82, 2.24) is 4.57 Å². The number of thiazole rings is 1. The molecule has 1 rings (SSSR count). The van der Waals surface area contributed by atoms with E-state index in [1.807, 2.05) is 0 Å². The minimum absolute atomic E-state index is 0.251. The second-order valence-corrected chi connectivity index (χ2v) is 4.62. The summed E-state index contributed by atoms with van der Waals surface area (Å²) >= 11 is 1.01. The van der Waals surface area contributed by atoms with Crippen LogP contribution in [0.15, 0.2) is 10.2 Å². The average molecular weight is 245 g/mol. The molecular formula is C10H15NO4S. The summed E-state index contributed by atoms with van der Waals surface area (Å²) < 4.78 is 6.21. The monoisotopic (exact) mass is 245 g/mol. The van der Waals surface area contributed by atoms with Crippen LogP contribution >= 0.6 is 11.3 Å². The van der Waals surface area contributed by atoms with Crippen LogP contribution in [0.5, 0.6) is 0 Å². The highest BCUT2D eigenvalue weighted by atomic mass is 32.1. The Morgan fingerprint density at radius 1 is 1.69 bits per heavy atom. The van der Waals surface area contributed by atoms with Gasteiger partial charge in [0.05, 0.1) is 0 Å². The number of carbonyl (C=O) groups is 1. The second-order valence-electron chi connectivity index (χ2n) is 3.80. The number of hydrogen-bond donors (Lipinski definition) is 1. The third-order valence-electron chi connectivity index (χ3n) is 2.61. The smallest absolute Gasteiger partial charge is 0.329 e. The standard InChI is InChI=1S/C10H15NO4S/c1-7-6-16-9(14)11(7)10(2,8(12)13)4-5-15-3/h6H,4-5H2,1-3H3,(H,12,13). The SMILES string of the molecule is COCCC(C)(C(=O)O)n1c(C)csc1=O. The molecule has 0 bridgehead atoms. The van der Waals surface area contributed by atoms with Gasteiger partial charge < -0.3 is 9.84 Å². The lowest BCUT2D eigenvalue weighted by Crippen LogP contribution is -2.45. The lowest BCUT2D eigenvalue weighted by Gasteiger charge is -2.26. The van der Waals surface area contributed by atoms with Crippen LogP contribution in [-0.4, -0.2) is 29.4 Å². The van der Waals surface area contributed by atoms with Crippen LogP contribution in [-0.2, 0) is 15.1 Å². The fourth-order valence-electron chi connectivity index (χ4n) is 1.59. The number of carboxylic acid groups (broad SMARTS) is 1. The molecule has 90 valence electrons. The van der Waals surface area contributed by atoms with Gasteiger partial charge in [-0.1, -0.05) is 11.3 Å². The Morgan fingerprint density at radius 3 is 2.69 bits per heavy atom. The van der Waals surface area contributed by atoms with Gasteiger partial charge in [-0.2, -0.15) is 0 Å². The molecule has 1 atom stereocenters. The number of aliphatic carboxylic acids is 1. The molecule has 6 heteroatoms. The molecule has 1 unspecified atom stereocenters. The summed E-state index contributed by atoms with van der Waals surface area (Å²) in [7, 11) is 1.51. The molecular weight excluding hydrogens is 230 g/mol. The Hall–Kier alpha value is -1.14. The van der Waals surface area contributed by atoms with Crippen LogP contribution in [0.25, 0.3) is 0 Å². The van der Waals surface area contributed by atoms with E-state index in [0.29, 0.717) is 12.3 Å². The van der Waals surface area contributed by atoms with E-state index in [9.17, 15) is 14.7 Å². The molecule has 1 N–H and O–H groups in total. The van der Waals surface area contributed by atoms with Gasteiger partial charge in [0.2, 0.25) is 0 Å². The lowest BCUT2D eigenvalue weighted by atomic mass is 9.98. The molecule has 1 aromatic heterocycles. The maximum absolute atomic E-state index is 11.6. The summed E-state index contributed by atoms with van der Waals surface area (Å²) in [6.45, 7) is 3.56. The van der Waals surface area contributed by atoms with E-state index >= 15 is 0 Å². The van der Waals surface area contributed by atoms with Crippen molar-refractivity contribution >= 4 is 17.3 Å². The van der Waals surface area contributed by atoms with Gasteiger partial charge in [0, 0.05) is 31.2 Å². The van der Waals surface area contributed by atoms with E-state index in [2.05, 4.69) is 0 Å². The van der Waals surface area contributed by atoms with Crippen LogP contribution in [0.3, 0.4) is 0 Å². The summed E-state index contributed by atoms with van der Waals surface area (Å²) in [6, 6.07) is 0. The van der Waals surface area contributed by atoms with Gasteiger partial charge in [0.1, 0.15) is 5.54 Å². The summed E-state index contributed by atoms with van der Waals surface area (Å²) in [5, 5.41) is 10.9. The fraction of sp³-hybridized carbons (Fsp3) is 0.600. The van der Waals surface area contributed by atoms with Crippen LogP contribution < -0.4 is 4.87 Å². The highest BCUT2D eigenvalue weighted by Crippen LogP contribution is 2.22. The van der Waals surface area contributed by atoms with Crippen molar-refractivity contribution in [2.75, 3.05) is 13.7 Å². The van der Waals surface area contributed by atoms with Crippen molar-refractivity contribution in [2.45, 2.75) is 25.8 Å². The van der Waals surface area contributed by atoms with E-state index in [1.165, 1.54) is 18.6 Å². The lowest BCUT2D eigenvalue weighted by molar-refractivity contribution is -0.147. The van der Waals surface area contributed by atoms with Gasteiger partial charge in [-0.05, 0) is 13.8 Å². The topological polar surface area (TPSA) is 68.5 Å². The number of carboxylic acids is 1. The van der Waals surface area contributed by atoms with Crippen molar-refractivity contribution in [3.8, 4) is 0 Å². The van der Waals surface area contributed by atoms with Crippen LogP contribution in [0.1, 0.15) is 19.0 Å². The Morgan fingerprint density at radius 2 is 2.31 bits per heavy atom. The minimum atomic E-state index is -1.24. The Kier molecular flexibility index (Phi) is 3.88. The first kappa shape index (κ1) is 12.9. The van der Waals surface area contributed by atoms with Gasteiger partial charge in [-0.3, -0.25) is 9.36 Å². The van der Waals surface area contributed by atoms with Gasteiger partial charge in [0.15, 0.2) is 0 Å². The van der Waals surface area contributed by atoms with Crippen LogP contribution in [0, 0.1) is 6.92 Å². The Labute approximate surface area is 97.3 Å². The van der Waals surface area contributed by atoms with Crippen LogP contribution in [0.4, 0.5) is 0 Å². The summed E-state index contributed by atoms with van der Waals surface area (Å²) in [4.78, 5) is 22.7. The Balaban J connectivity index is 3.21. The molecule has 1 heterocycles. The minimum Gasteiger partial charge on any atom is -0.479 e. The van der Waals surface area contributed by atoms with Gasteiger partial charge in [-0.15, -0.1) is 0 Å². The highest BCUT2D eigenvalue weighted by molar-refractivity contribution is 7.07. The quantitative estimate of drug-likeness (QED) is 0.842. The van der Waals surface area contributed by atoms with E-state index in [1.54, 1.807) is 12.3 Å². The third-order valence-corrected chi connectivity index (χ3v) is 3.46. The molecule has 0 aliphatic carbocycles. The number of ether oxygens (including phenoxy) is 1. The molecule has 0 saturated heterocycles. The first-order chi connectivity index (χ1) is 7.43. The van der Waals surface area contributed by atoms with Crippen LogP contribution in [0.2, 0.25) is 0 Å². The zero-order chi connectivity index (χ0) is 12.3. The Bertz CT molecular complexity index is 436. The maximum Gasteiger partial charge on any atom is 0.329 e. The normalized spacial score (nSPS) is 14.7. The predicted molar refractivity (Wildman–Crippen MR) is 61.1 cm³/mol. The molecule has 0 aliphatic rings. The van der Waals surface area contributed by atoms with Gasteiger partial charge in [-0.25, -0.2) is 4.79 Å². The number of rotatable bonds is 5. The molecule has 1 aromatic rings. The van der Waals surface area contributed by atoms with Crippen molar-refractivity contribution in [3.05, 3.63) is 20.7 Å². The summed E-state index contributed by atoms with van der Waals surface area (Å²) in [6.07, 6.45) is 0.260. The number of nitrogens with zero attached hydrogens (tertiary/aromatic N) is 1. The first-order valence-electron chi connectivity index (χ1n) is 4.83. The fourth-order valence-corrected chi connectivity index (χ4v) is 2.42. The summed E-state index contributed by atoms with van der Waals surface area (Å²) in [5.74, 6) is -1.02. The number of hydrogen-bond acceptors (Lipinski definition) is 4. The second kappa shape index (κ2) is 4.80. The molecule has 0 radical (unpaired) electrons. The van der Waals surface area contributed by atoms with Gasteiger partial charge in [0.25, 0.3) is 0 Å². The average Bonchev–Trinajstić information content (AvgIpc) is 2.55. The first-order valence-corrected chi connectivity index (χ1v) is 5.71. The van der Waals surface area contributed by atoms with Crippen molar-refractivity contribution in [2.24, 2.45) is 0 Å². The predicted octanol–water partition coefficient (Wildman–Crippen LogP) is 1.05. The number of aryl methyl sites for hydroxylation is 1. The summed E-state index contributed by atoms with van der Waals surface area (Å²) in [5.41, 5.74) is -0.576. The van der Waals surface area contributed by atoms with Gasteiger partial charge >= 0.3 is 10.8 Å². The highest BCUT2D eigenvalue weighted by Gasteiger charge is 2.37. The number of methoxy groups -OCH3 is 1.